The van der Waals surface area contributed by atoms with Gasteiger partial charge in [0.2, 0.25) is 0 Å². The molecule has 0 bridgehead atoms. The summed E-state index contributed by atoms with van der Waals surface area (Å²) >= 11 is 0. The molecule has 1 N–H and O–H groups in total. The fraction of sp³-hybridized carbons (Fsp3) is 0.889. The third-order valence-corrected chi connectivity index (χ3v) is 1.79. The maximum Gasteiger partial charge on any atom is 0.0574 e. The van der Waals surface area contributed by atoms with Crippen LogP contribution in [0.5, 0.6) is 0 Å². The molecule has 0 aromatic heterocycles. The molecule has 0 rings (SSSR count). The van der Waals surface area contributed by atoms with Crippen LogP contribution in [0.3, 0.4) is 0 Å². The van der Waals surface area contributed by atoms with Crippen LogP contribution in [0.15, 0.2) is 0 Å². The van der Waals surface area contributed by atoms with Gasteiger partial charge in [0.25, 0.3) is 0 Å². The van der Waals surface area contributed by atoms with E-state index in [2.05, 4.69) is 6.92 Å². The molecule has 0 aliphatic heterocycles. The van der Waals surface area contributed by atoms with E-state index in [-0.39, 0.29) is 0 Å². The number of ether oxygens (including phenoxy) is 1. The summed E-state index contributed by atoms with van der Waals surface area (Å²) in [5, 5.41) is 7.24. The molecule has 11 heavy (non-hydrogen) atoms. The highest BCUT2D eigenvalue weighted by Crippen LogP contribution is 2.08. The Morgan fingerprint density at radius 1 is 1.45 bits per heavy atom. The van der Waals surface area contributed by atoms with Gasteiger partial charge in [-0.25, -0.2) is 0 Å². The first kappa shape index (κ1) is 10.6. The summed E-state index contributed by atoms with van der Waals surface area (Å²) in [5.74, 6) is 0. The molecule has 0 aromatic carbocycles. The van der Waals surface area contributed by atoms with Crippen molar-refractivity contribution >= 4 is 5.71 Å². The lowest BCUT2D eigenvalue weighted by molar-refractivity contribution is 0.0890. The molecular formula is C9H19NO. The molecule has 0 radical (unpaired) electrons. The van der Waals surface area contributed by atoms with E-state index >= 15 is 0 Å². The van der Waals surface area contributed by atoms with Crippen molar-refractivity contribution < 1.29 is 4.74 Å². The molecular weight excluding hydrogens is 138 g/mol. The highest BCUT2D eigenvalue weighted by Gasteiger charge is 2.05. The van der Waals surface area contributed by atoms with Crippen LogP contribution in [-0.2, 0) is 4.74 Å². The van der Waals surface area contributed by atoms with Gasteiger partial charge < -0.3 is 10.1 Å². The van der Waals surface area contributed by atoms with Crippen LogP contribution in [0.1, 0.15) is 39.5 Å². The Balaban J connectivity index is 3.43. The lowest BCUT2D eigenvalue weighted by atomic mass is 10.1. The average molecular weight is 157 g/mol. The summed E-state index contributed by atoms with van der Waals surface area (Å²) in [6, 6.07) is 0. The van der Waals surface area contributed by atoms with Gasteiger partial charge in [0, 0.05) is 12.8 Å². The topological polar surface area (TPSA) is 33.1 Å². The predicted molar refractivity (Wildman–Crippen MR) is 48.3 cm³/mol. The van der Waals surface area contributed by atoms with Crippen LogP contribution in [0.25, 0.3) is 0 Å². The summed E-state index contributed by atoms with van der Waals surface area (Å²) in [4.78, 5) is 0. The van der Waals surface area contributed by atoms with Crippen molar-refractivity contribution in [1.29, 1.82) is 5.41 Å². The van der Waals surface area contributed by atoms with Crippen LogP contribution in [0.4, 0.5) is 0 Å². The number of hydrogen-bond acceptors (Lipinski definition) is 2. The Morgan fingerprint density at radius 2 is 2.09 bits per heavy atom. The molecule has 66 valence electrons. The van der Waals surface area contributed by atoms with E-state index in [4.69, 9.17) is 10.1 Å². The van der Waals surface area contributed by atoms with Crippen LogP contribution in [0.2, 0.25) is 0 Å². The Labute approximate surface area is 69.5 Å². The zero-order chi connectivity index (χ0) is 8.69. The second kappa shape index (κ2) is 6.35. The molecule has 0 aromatic rings. The van der Waals surface area contributed by atoms with Gasteiger partial charge in [0.05, 0.1) is 6.10 Å². The van der Waals surface area contributed by atoms with Gasteiger partial charge in [-0.05, 0) is 26.2 Å². The Bertz CT molecular complexity index is 112. The Hall–Kier alpha value is -0.370. The van der Waals surface area contributed by atoms with Crippen molar-refractivity contribution in [3.8, 4) is 0 Å². The smallest absolute Gasteiger partial charge is 0.0574 e. The summed E-state index contributed by atoms with van der Waals surface area (Å²) in [5.41, 5.74) is 0.753. The molecule has 0 fully saturated rings. The second-order valence-electron chi connectivity index (χ2n) is 2.97. The Morgan fingerprint density at radius 3 is 2.45 bits per heavy atom. The van der Waals surface area contributed by atoms with Crippen molar-refractivity contribution in [3.05, 3.63) is 0 Å². The average Bonchev–Trinajstić information content (AvgIpc) is 1.97. The van der Waals surface area contributed by atoms with Gasteiger partial charge in [0.15, 0.2) is 0 Å². The van der Waals surface area contributed by atoms with E-state index < -0.39 is 0 Å². The van der Waals surface area contributed by atoms with Gasteiger partial charge in [-0.1, -0.05) is 13.3 Å². The van der Waals surface area contributed by atoms with Crippen LogP contribution >= 0.6 is 0 Å². The zero-order valence-electron chi connectivity index (χ0n) is 7.81. The van der Waals surface area contributed by atoms with Crippen molar-refractivity contribution in [3.63, 3.8) is 0 Å². The molecule has 2 nitrogen and oxygen atoms in total. The van der Waals surface area contributed by atoms with E-state index in [1.54, 1.807) is 7.11 Å². The maximum atomic E-state index is 7.24. The quantitative estimate of drug-likeness (QED) is 0.591. The third kappa shape index (κ3) is 6.05. The van der Waals surface area contributed by atoms with Crippen molar-refractivity contribution in [2.24, 2.45) is 0 Å². The molecule has 0 saturated heterocycles. The molecule has 0 amide bonds. The van der Waals surface area contributed by atoms with Gasteiger partial charge in [0.1, 0.15) is 0 Å². The van der Waals surface area contributed by atoms with Gasteiger partial charge >= 0.3 is 0 Å². The number of hydrogen-bond donors (Lipinski definition) is 1. The van der Waals surface area contributed by atoms with E-state index in [1.807, 2.05) is 6.92 Å². The number of nitrogens with one attached hydrogen (secondary N) is 1. The molecule has 0 spiro atoms. The normalized spacial score (nSPS) is 13.0. The van der Waals surface area contributed by atoms with Gasteiger partial charge in [-0.3, -0.25) is 0 Å². The van der Waals surface area contributed by atoms with Crippen molar-refractivity contribution in [2.45, 2.75) is 45.6 Å². The molecule has 0 unspecified atom stereocenters. The minimum Gasteiger partial charge on any atom is -0.381 e. The Kier molecular flexibility index (Phi) is 6.13. The first-order valence-electron chi connectivity index (χ1n) is 4.27. The monoisotopic (exact) mass is 157 g/mol. The maximum absolute atomic E-state index is 7.24. The predicted octanol–water partition coefficient (Wildman–Crippen LogP) is 2.62. The summed E-state index contributed by atoms with van der Waals surface area (Å²) in [6.45, 7) is 4.00. The van der Waals surface area contributed by atoms with Gasteiger partial charge in [-0.2, -0.15) is 0 Å². The van der Waals surface area contributed by atoms with E-state index in [9.17, 15) is 0 Å². The van der Waals surface area contributed by atoms with Crippen LogP contribution < -0.4 is 0 Å². The van der Waals surface area contributed by atoms with E-state index in [0.29, 0.717) is 6.10 Å². The highest BCUT2D eigenvalue weighted by molar-refractivity contribution is 5.78. The summed E-state index contributed by atoms with van der Waals surface area (Å²) < 4.78 is 5.24. The molecule has 0 aliphatic carbocycles. The van der Waals surface area contributed by atoms with E-state index in [1.165, 1.54) is 0 Å². The summed E-state index contributed by atoms with van der Waals surface area (Å²) in [7, 11) is 1.75. The first-order valence-corrected chi connectivity index (χ1v) is 4.27. The molecule has 1 atom stereocenters. The van der Waals surface area contributed by atoms with E-state index in [0.717, 1.165) is 31.4 Å². The molecule has 2 heteroatoms. The molecule has 0 heterocycles. The van der Waals surface area contributed by atoms with Gasteiger partial charge in [-0.15, -0.1) is 0 Å². The lowest BCUT2D eigenvalue weighted by Crippen LogP contribution is -2.11. The highest BCUT2D eigenvalue weighted by atomic mass is 16.5. The zero-order valence-corrected chi connectivity index (χ0v) is 7.81. The fourth-order valence-electron chi connectivity index (χ4n) is 1.08. The SMILES string of the molecule is CCC[C@H](CCC(C)=N)OC. The first-order chi connectivity index (χ1) is 5.20. The fourth-order valence-corrected chi connectivity index (χ4v) is 1.08. The minimum absolute atomic E-state index is 0.361. The number of rotatable bonds is 6. The minimum atomic E-state index is 0.361. The van der Waals surface area contributed by atoms with Crippen molar-refractivity contribution in [2.75, 3.05) is 7.11 Å². The van der Waals surface area contributed by atoms with Crippen LogP contribution in [-0.4, -0.2) is 18.9 Å². The third-order valence-electron chi connectivity index (χ3n) is 1.79. The molecule has 0 aliphatic rings. The molecule has 0 saturated carbocycles. The second-order valence-corrected chi connectivity index (χ2v) is 2.97. The summed E-state index contributed by atoms with van der Waals surface area (Å²) in [6.07, 6.45) is 4.51. The van der Waals surface area contributed by atoms with Crippen LogP contribution in [0, 0.1) is 5.41 Å². The standard InChI is InChI=1S/C9H19NO/c1-4-5-9(11-3)7-6-8(2)10/h9-10H,4-7H2,1-3H3/t9-/m1/s1. The largest absolute Gasteiger partial charge is 0.381 e. The van der Waals surface area contributed by atoms with Crippen molar-refractivity contribution in [1.82, 2.24) is 0 Å². The lowest BCUT2D eigenvalue weighted by Gasteiger charge is -2.12. The number of methoxy groups -OCH3 is 1.